The van der Waals surface area contributed by atoms with Crippen molar-refractivity contribution >= 4 is 29.3 Å². The number of methoxy groups -OCH3 is 1. The van der Waals surface area contributed by atoms with Crippen molar-refractivity contribution in [2.45, 2.75) is 25.7 Å². The van der Waals surface area contributed by atoms with Gasteiger partial charge in [-0.2, -0.15) is 0 Å². The second kappa shape index (κ2) is 6.40. The van der Waals surface area contributed by atoms with Crippen LogP contribution in [-0.4, -0.2) is 24.8 Å². The lowest BCUT2D eigenvalue weighted by Crippen LogP contribution is -2.44. The molecule has 0 aromatic heterocycles. The number of hydrogen-bond donors (Lipinski definition) is 1. The predicted octanol–water partition coefficient (Wildman–Crippen LogP) is 2.60. The number of ether oxygens (including phenoxy) is 1. The van der Waals surface area contributed by atoms with Gasteiger partial charge in [-0.05, 0) is 30.0 Å². The monoisotopic (exact) mass is 347 g/mol. The van der Waals surface area contributed by atoms with Gasteiger partial charge < -0.3 is 10.1 Å². The molecule has 6 heteroatoms. The van der Waals surface area contributed by atoms with Crippen LogP contribution in [0, 0.1) is 11.8 Å². The topological polar surface area (TPSA) is 72.5 Å². The van der Waals surface area contributed by atoms with E-state index >= 15 is 0 Å². The number of nitrogens with one attached hydrogen (secondary N) is 1. The molecule has 1 N–H and O–H groups in total. The summed E-state index contributed by atoms with van der Waals surface area (Å²) in [6.45, 7) is 1.82. The number of rotatable bonds is 2. The third kappa shape index (κ3) is 2.84. The molecule has 1 amide bonds. The fraction of sp³-hybridized carbons (Fsp3) is 0.389. The summed E-state index contributed by atoms with van der Waals surface area (Å²) in [6.07, 6.45) is 0.622. The van der Waals surface area contributed by atoms with E-state index in [2.05, 4.69) is 5.32 Å². The smallest absolute Gasteiger partial charge is 0.316 e. The fourth-order valence-corrected chi connectivity index (χ4v) is 3.80. The summed E-state index contributed by atoms with van der Waals surface area (Å²) in [7, 11) is 1.28. The van der Waals surface area contributed by atoms with Crippen LogP contribution < -0.4 is 5.32 Å². The second-order valence-electron chi connectivity index (χ2n) is 6.30. The minimum absolute atomic E-state index is 0.129. The molecule has 3 atom stereocenters. The molecule has 1 aromatic carbocycles. The first-order chi connectivity index (χ1) is 11.4. The van der Waals surface area contributed by atoms with Crippen molar-refractivity contribution in [3.8, 4) is 0 Å². The van der Waals surface area contributed by atoms with Crippen LogP contribution in [-0.2, 0) is 19.1 Å². The Morgan fingerprint density at radius 3 is 2.71 bits per heavy atom. The molecule has 0 saturated carbocycles. The predicted molar refractivity (Wildman–Crippen MR) is 88.3 cm³/mol. The fourth-order valence-electron chi connectivity index (χ4n) is 3.61. The molecule has 3 rings (SSSR count). The van der Waals surface area contributed by atoms with Gasteiger partial charge in [0.1, 0.15) is 5.92 Å². The van der Waals surface area contributed by atoms with Crippen LogP contribution in [0.4, 0.5) is 0 Å². The number of hydrogen-bond acceptors (Lipinski definition) is 4. The molecule has 1 aliphatic heterocycles. The first-order valence-electron chi connectivity index (χ1n) is 7.82. The third-order valence-electron chi connectivity index (χ3n) is 4.70. The van der Waals surface area contributed by atoms with Crippen LogP contribution in [0.2, 0.25) is 5.02 Å². The quantitative estimate of drug-likeness (QED) is 0.659. The van der Waals surface area contributed by atoms with Gasteiger partial charge in [-0.1, -0.05) is 30.7 Å². The molecule has 0 unspecified atom stereocenters. The van der Waals surface area contributed by atoms with Crippen LogP contribution in [0.5, 0.6) is 0 Å². The molecule has 0 radical (unpaired) electrons. The number of halogens is 1. The van der Waals surface area contributed by atoms with Crippen molar-refractivity contribution in [3.05, 3.63) is 46.1 Å². The van der Waals surface area contributed by atoms with E-state index < -0.39 is 11.9 Å². The number of Topliss-reactive ketones (excluding diaryl/α,β-unsaturated/α-hetero) is 1. The lowest BCUT2D eigenvalue weighted by atomic mass is 9.70. The molecule has 0 fully saturated rings. The van der Waals surface area contributed by atoms with Crippen LogP contribution >= 0.6 is 11.6 Å². The molecule has 24 heavy (non-hydrogen) atoms. The summed E-state index contributed by atoms with van der Waals surface area (Å²) < 4.78 is 4.80. The summed E-state index contributed by atoms with van der Waals surface area (Å²) in [5.41, 5.74) is 1.93. The van der Waals surface area contributed by atoms with Gasteiger partial charge in [0.2, 0.25) is 5.91 Å². The Morgan fingerprint density at radius 2 is 2.04 bits per heavy atom. The number of carbonyl (C=O) groups excluding carboxylic acids is 3. The maximum absolute atomic E-state index is 13.0. The first kappa shape index (κ1) is 16.7. The average molecular weight is 348 g/mol. The number of amides is 1. The molecular formula is C18H18ClNO4. The summed E-state index contributed by atoms with van der Waals surface area (Å²) in [5, 5.41) is 3.35. The first-order valence-corrected chi connectivity index (χ1v) is 8.20. The molecule has 1 heterocycles. The number of carbonyl (C=O) groups is 3. The molecule has 2 aliphatic rings. The van der Waals surface area contributed by atoms with Crippen LogP contribution in [0.3, 0.4) is 0 Å². The number of benzene rings is 1. The Balaban J connectivity index is 2.08. The normalized spacial score (nSPS) is 26.7. The molecule has 0 saturated heterocycles. The van der Waals surface area contributed by atoms with E-state index in [1.807, 2.05) is 13.0 Å². The van der Waals surface area contributed by atoms with Gasteiger partial charge in [0.05, 0.1) is 7.11 Å². The highest BCUT2D eigenvalue weighted by atomic mass is 35.5. The van der Waals surface area contributed by atoms with Gasteiger partial charge in [-0.15, -0.1) is 0 Å². The molecule has 0 spiro atoms. The van der Waals surface area contributed by atoms with Crippen molar-refractivity contribution in [1.82, 2.24) is 5.32 Å². The zero-order valence-corrected chi connectivity index (χ0v) is 14.2. The number of allylic oxidation sites excluding steroid dienone is 2. The summed E-state index contributed by atoms with van der Waals surface area (Å²) >= 11 is 6.06. The van der Waals surface area contributed by atoms with E-state index in [9.17, 15) is 14.4 Å². The van der Waals surface area contributed by atoms with Gasteiger partial charge in [-0.25, -0.2) is 0 Å². The molecule has 126 valence electrons. The molecule has 1 aromatic rings. The summed E-state index contributed by atoms with van der Waals surface area (Å²) in [6, 6.07) is 7.13. The van der Waals surface area contributed by atoms with E-state index in [-0.39, 0.29) is 29.9 Å². The van der Waals surface area contributed by atoms with Crippen LogP contribution in [0.15, 0.2) is 35.5 Å². The summed E-state index contributed by atoms with van der Waals surface area (Å²) in [4.78, 5) is 37.1. The number of ketones is 1. The van der Waals surface area contributed by atoms with Gasteiger partial charge in [0, 0.05) is 28.6 Å². The standard InChI is InChI=1S/C18H18ClNO4/c1-9-6-13-16(17(22)15(9)18(23)24-2)12(8-14(21)20-13)10-4-3-5-11(19)7-10/h3-5,7,9,12,15H,6,8H2,1-2H3,(H,20,21)/t9-,12+,15-/m1/s1. The highest BCUT2D eigenvalue weighted by Gasteiger charge is 2.45. The van der Waals surface area contributed by atoms with Gasteiger partial charge in [0.25, 0.3) is 0 Å². The van der Waals surface area contributed by atoms with Crippen LogP contribution in [0.1, 0.15) is 31.2 Å². The Morgan fingerprint density at radius 1 is 1.29 bits per heavy atom. The van der Waals surface area contributed by atoms with Crippen molar-refractivity contribution in [1.29, 1.82) is 0 Å². The van der Waals surface area contributed by atoms with E-state index in [1.54, 1.807) is 18.2 Å². The van der Waals surface area contributed by atoms with E-state index in [4.69, 9.17) is 16.3 Å². The lowest BCUT2D eigenvalue weighted by molar-refractivity contribution is -0.151. The zero-order valence-electron chi connectivity index (χ0n) is 13.5. The Labute approximate surface area is 145 Å². The minimum Gasteiger partial charge on any atom is -0.468 e. The lowest BCUT2D eigenvalue weighted by Gasteiger charge is -2.36. The highest BCUT2D eigenvalue weighted by molar-refractivity contribution is 6.30. The zero-order chi connectivity index (χ0) is 17.4. The SMILES string of the molecule is COC(=O)[C@H]1C(=O)C2=C(C[C@H]1C)NC(=O)C[C@H]2c1cccc(Cl)c1. The molecule has 0 bridgehead atoms. The van der Waals surface area contributed by atoms with E-state index in [0.29, 0.717) is 22.7 Å². The molecule has 5 nitrogen and oxygen atoms in total. The van der Waals surface area contributed by atoms with Crippen LogP contribution in [0.25, 0.3) is 0 Å². The van der Waals surface area contributed by atoms with Gasteiger partial charge in [0.15, 0.2) is 5.78 Å². The summed E-state index contributed by atoms with van der Waals surface area (Å²) in [5.74, 6) is -2.36. The minimum atomic E-state index is -0.828. The molecule has 1 aliphatic carbocycles. The Hall–Kier alpha value is -2.14. The maximum Gasteiger partial charge on any atom is 0.316 e. The third-order valence-corrected chi connectivity index (χ3v) is 4.94. The van der Waals surface area contributed by atoms with Crippen molar-refractivity contribution < 1.29 is 19.1 Å². The van der Waals surface area contributed by atoms with E-state index in [0.717, 1.165) is 5.56 Å². The average Bonchev–Trinajstić information content (AvgIpc) is 2.53. The van der Waals surface area contributed by atoms with Crippen molar-refractivity contribution in [2.75, 3.05) is 7.11 Å². The highest BCUT2D eigenvalue weighted by Crippen LogP contribution is 2.42. The molecular weight excluding hydrogens is 330 g/mol. The Bertz CT molecular complexity index is 755. The second-order valence-corrected chi connectivity index (χ2v) is 6.74. The van der Waals surface area contributed by atoms with Crippen molar-refractivity contribution in [3.63, 3.8) is 0 Å². The Kier molecular flexibility index (Phi) is 4.45. The largest absolute Gasteiger partial charge is 0.468 e. The van der Waals surface area contributed by atoms with Gasteiger partial charge >= 0.3 is 5.97 Å². The number of esters is 1. The maximum atomic E-state index is 13.0. The van der Waals surface area contributed by atoms with E-state index in [1.165, 1.54) is 7.11 Å². The van der Waals surface area contributed by atoms with Gasteiger partial charge in [-0.3, -0.25) is 14.4 Å². The van der Waals surface area contributed by atoms with Crippen molar-refractivity contribution in [2.24, 2.45) is 11.8 Å².